The van der Waals surface area contributed by atoms with Crippen molar-refractivity contribution in [3.8, 4) is 0 Å². The molecule has 2 fully saturated rings. The molecule has 3 unspecified atom stereocenters. The average Bonchev–Trinajstić information content (AvgIpc) is 3.87. The van der Waals surface area contributed by atoms with E-state index in [9.17, 15) is 14.7 Å². The number of aryl methyl sites for hydroxylation is 2. The number of rotatable bonds is 7. The average molecular weight is 639 g/mol. The zero-order valence-corrected chi connectivity index (χ0v) is 29.1. The zero-order chi connectivity index (χ0) is 33.3. The van der Waals surface area contributed by atoms with E-state index in [0.29, 0.717) is 27.1 Å². The van der Waals surface area contributed by atoms with Gasteiger partial charge in [-0.2, -0.15) is 0 Å². The highest BCUT2D eigenvalue weighted by molar-refractivity contribution is 7.60. The third kappa shape index (κ3) is 9.83. The summed E-state index contributed by atoms with van der Waals surface area (Å²) < 4.78 is 7.55. The van der Waals surface area contributed by atoms with Crippen molar-refractivity contribution in [3.05, 3.63) is 75.1 Å². The summed E-state index contributed by atoms with van der Waals surface area (Å²) in [7, 11) is 3.79. The van der Waals surface area contributed by atoms with E-state index in [1.54, 1.807) is 44.9 Å². The summed E-state index contributed by atoms with van der Waals surface area (Å²) in [6, 6.07) is 2.28. The van der Waals surface area contributed by atoms with Gasteiger partial charge < -0.3 is 30.4 Å². The highest BCUT2D eigenvalue weighted by Crippen LogP contribution is 2.45. The molecule has 246 valence electrons. The number of hydrogen-bond acceptors (Lipinski definition) is 8. The second-order valence-corrected chi connectivity index (χ2v) is 13.4. The van der Waals surface area contributed by atoms with E-state index < -0.39 is 5.60 Å². The molecular weight excluding hydrogens is 587 g/mol. The van der Waals surface area contributed by atoms with Crippen LogP contribution in [0, 0.1) is 12.8 Å². The van der Waals surface area contributed by atoms with E-state index in [2.05, 4.69) is 33.4 Å². The van der Waals surface area contributed by atoms with Gasteiger partial charge in [0.2, 0.25) is 5.91 Å². The topological polar surface area (TPSA) is 135 Å². The Labute approximate surface area is 269 Å². The predicted octanol–water partition coefficient (Wildman–Crippen LogP) is 3.89. The molecule has 3 heterocycles. The van der Waals surface area contributed by atoms with Gasteiger partial charge in [0, 0.05) is 68.5 Å². The molecule has 0 bridgehead atoms. The van der Waals surface area contributed by atoms with Crippen molar-refractivity contribution in [2.75, 3.05) is 33.4 Å². The Hall–Kier alpha value is -3.33. The van der Waals surface area contributed by atoms with Crippen molar-refractivity contribution >= 4 is 31.7 Å². The predicted molar refractivity (Wildman–Crippen MR) is 187 cm³/mol. The first-order chi connectivity index (χ1) is 21.4. The molecule has 1 saturated carbocycles. The van der Waals surface area contributed by atoms with Gasteiger partial charge in [0.05, 0.1) is 36.9 Å². The van der Waals surface area contributed by atoms with Crippen LogP contribution in [-0.4, -0.2) is 82.8 Å². The van der Waals surface area contributed by atoms with Crippen molar-refractivity contribution in [1.82, 2.24) is 14.8 Å². The van der Waals surface area contributed by atoms with Gasteiger partial charge in [0.25, 0.3) is 5.56 Å². The molecule has 1 aromatic heterocycles. The number of allylic oxidation sites excluding steroid dienone is 6. The molecule has 10 nitrogen and oxygen atoms in total. The van der Waals surface area contributed by atoms with Crippen molar-refractivity contribution in [1.29, 1.82) is 0 Å². The summed E-state index contributed by atoms with van der Waals surface area (Å²) in [4.78, 5) is 34.2. The highest BCUT2D eigenvalue weighted by Gasteiger charge is 2.40. The lowest BCUT2D eigenvalue weighted by Crippen LogP contribution is -2.47. The SMILES string of the molecule is CC.CNC(C)=O.Cc1cc(C2=CC3=C(N4CCOCC4C4CC4)N=C(/C(C=NCC(C)(C)O)=C/N)PC3C=C2)cn(C)c1=O. The van der Waals surface area contributed by atoms with E-state index in [1.807, 2.05) is 33.0 Å². The van der Waals surface area contributed by atoms with Crippen LogP contribution in [0.3, 0.4) is 0 Å². The molecule has 1 amide bonds. The molecule has 4 N–H and O–H groups in total. The Bertz CT molecular complexity index is 1430. The minimum absolute atomic E-state index is 0.00463. The fraction of sp³-hybridized carbons (Fsp3) is 0.529. The first-order valence-electron chi connectivity index (χ1n) is 15.8. The van der Waals surface area contributed by atoms with Crippen molar-refractivity contribution < 1.29 is 14.6 Å². The van der Waals surface area contributed by atoms with Crippen LogP contribution in [0.2, 0.25) is 0 Å². The molecular formula is C34H51N6O4P. The summed E-state index contributed by atoms with van der Waals surface area (Å²) in [5, 5.41) is 12.5. The molecule has 45 heavy (non-hydrogen) atoms. The molecule has 2 aliphatic carbocycles. The number of amides is 1. The van der Waals surface area contributed by atoms with E-state index in [1.165, 1.54) is 25.3 Å². The van der Waals surface area contributed by atoms with Gasteiger partial charge in [0.15, 0.2) is 0 Å². The van der Waals surface area contributed by atoms with E-state index in [0.717, 1.165) is 46.7 Å². The molecule has 5 rings (SSSR count). The molecule has 0 radical (unpaired) electrons. The number of ether oxygens (including phenoxy) is 1. The summed E-state index contributed by atoms with van der Waals surface area (Å²) in [6.07, 6.45) is 14.3. The number of hydrogen-bond donors (Lipinski definition) is 3. The summed E-state index contributed by atoms with van der Waals surface area (Å²) in [6.45, 7) is 13.3. The molecule has 4 aliphatic rings. The van der Waals surface area contributed by atoms with Crippen LogP contribution < -0.4 is 16.6 Å². The minimum Gasteiger partial charge on any atom is -0.404 e. The maximum absolute atomic E-state index is 12.3. The molecule has 3 atom stereocenters. The Balaban J connectivity index is 0.000000719. The van der Waals surface area contributed by atoms with Crippen LogP contribution in [0.4, 0.5) is 0 Å². The van der Waals surface area contributed by atoms with E-state index >= 15 is 0 Å². The summed E-state index contributed by atoms with van der Waals surface area (Å²) >= 11 is 0. The standard InChI is InChI=1S/C29H38N5O3P.C3H7NO.C2H6/c1-18-11-21(15-33(4)28(18)35)20-7-8-25-23(12-20)26(34-9-10-37-16-24(34)19-5-6-19)32-27(38-25)22(13-30)14-31-17-29(2,3)36;1-3(5)4-2;1-2/h7-8,11-15,19,24-25,36,38H,5-6,9-10,16-17,30H2,1-4H3;1-2H3,(H,4,5);1-2H3/b22-13+,31-14?;;. The Morgan fingerprint density at radius 2 is 2.02 bits per heavy atom. The highest BCUT2D eigenvalue weighted by atomic mass is 31.1. The van der Waals surface area contributed by atoms with Gasteiger partial charge in [-0.05, 0) is 62.8 Å². The van der Waals surface area contributed by atoms with Crippen LogP contribution in [0.25, 0.3) is 5.57 Å². The van der Waals surface area contributed by atoms with Gasteiger partial charge >= 0.3 is 0 Å². The van der Waals surface area contributed by atoms with Gasteiger partial charge in [-0.15, -0.1) is 0 Å². The molecule has 0 aromatic carbocycles. The largest absolute Gasteiger partial charge is 0.404 e. The number of aliphatic hydroxyl groups is 1. The van der Waals surface area contributed by atoms with E-state index in [4.69, 9.17) is 15.5 Å². The van der Waals surface area contributed by atoms with Crippen LogP contribution >= 0.6 is 8.58 Å². The van der Waals surface area contributed by atoms with Gasteiger partial charge in [-0.25, -0.2) is 4.99 Å². The number of aliphatic imine (C=N–C) groups is 2. The third-order valence-electron chi connectivity index (χ3n) is 7.70. The first kappa shape index (κ1) is 36.1. The van der Waals surface area contributed by atoms with Crippen molar-refractivity contribution in [3.63, 3.8) is 0 Å². The lowest BCUT2D eigenvalue weighted by Gasteiger charge is -2.41. The molecule has 2 aliphatic heterocycles. The Kier molecular flexibility index (Phi) is 13.1. The van der Waals surface area contributed by atoms with Crippen molar-refractivity contribution in [2.24, 2.45) is 28.7 Å². The summed E-state index contributed by atoms with van der Waals surface area (Å²) in [5.74, 6) is 1.63. The van der Waals surface area contributed by atoms with E-state index in [-0.39, 0.29) is 23.7 Å². The number of carbonyl (C=O) groups excluding carboxylic acids is 1. The molecule has 1 aromatic rings. The second kappa shape index (κ2) is 16.3. The number of carbonyl (C=O) groups is 1. The number of nitrogens with two attached hydrogens (primary N) is 1. The lowest BCUT2D eigenvalue weighted by molar-refractivity contribution is -0.118. The molecule has 0 spiro atoms. The summed E-state index contributed by atoms with van der Waals surface area (Å²) in [5.41, 5.74) is 11.1. The van der Waals surface area contributed by atoms with Crippen LogP contribution in [0.15, 0.2) is 68.4 Å². The smallest absolute Gasteiger partial charge is 0.253 e. The Morgan fingerprint density at radius 3 is 2.60 bits per heavy atom. The minimum atomic E-state index is -0.886. The number of aromatic nitrogens is 1. The fourth-order valence-corrected chi connectivity index (χ4v) is 6.53. The number of nitrogens with zero attached hydrogens (tertiary/aromatic N) is 4. The van der Waals surface area contributed by atoms with Crippen molar-refractivity contribution in [2.45, 2.75) is 71.7 Å². The first-order valence-corrected chi connectivity index (χ1v) is 16.8. The van der Waals surface area contributed by atoms with Gasteiger partial charge in [-0.3, -0.25) is 14.6 Å². The zero-order valence-electron chi connectivity index (χ0n) is 28.1. The monoisotopic (exact) mass is 638 g/mol. The third-order valence-corrected chi connectivity index (χ3v) is 9.18. The maximum Gasteiger partial charge on any atom is 0.253 e. The van der Waals surface area contributed by atoms with Crippen LogP contribution in [-0.2, 0) is 16.6 Å². The quantitative estimate of drug-likeness (QED) is 0.307. The fourth-order valence-electron chi connectivity index (χ4n) is 5.19. The van der Waals surface area contributed by atoms with Crippen LogP contribution in [0.5, 0.6) is 0 Å². The van der Waals surface area contributed by atoms with Crippen LogP contribution in [0.1, 0.15) is 58.6 Å². The molecule has 11 heteroatoms. The number of nitrogens with one attached hydrogen (secondary N) is 1. The maximum atomic E-state index is 12.3. The normalized spacial score (nSPS) is 22.2. The van der Waals surface area contributed by atoms with Gasteiger partial charge in [0.1, 0.15) is 5.82 Å². The van der Waals surface area contributed by atoms with Gasteiger partial charge in [-0.1, -0.05) is 34.6 Å². The lowest BCUT2D eigenvalue weighted by atomic mass is 9.95. The number of pyridine rings is 1. The Morgan fingerprint density at radius 1 is 1.33 bits per heavy atom. The molecule has 1 saturated heterocycles. The number of morpholine rings is 1. The number of fused-ring (bicyclic) bond motifs is 1. The second-order valence-electron chi connectivity index (χ2n) is 12.0.